The molecule has 0 aliphatic heterocycles. The van der Waals surface area contributed by atoms with Gasteiger partial charge in [0.1, 0.15) is 0 Å². The maximum absolute atomic E-state index is 10.8. The van der Waals surface area contributed by atoms with Gasteiger partial charge in [0.05, 0.1) is 6.20 Å². The van der Waals surface area contributed by atoms with E-state index in [9.17, 15) is 5.11 Å². The van der Waals surface area contributed by atoms with E-state index < -0.39 is 0 Å². The minimum Gasteiger partial charge on any atom is -0.288 e. The molecule has 1 aromatic heterocycles. The van der Waals surface area contributed by atoms with Crippen LogP contribution in [0.15, 0.2) is 18.5 Å². The number of hydrogen-bond donors (Lipinski definition) is 0. The SMILES string of the molecule is CCCCc1cncc([O])c1. The summed E-state index contributed by atoms with van der Waals surface area (Å²) in [6.07, 6.45) is 6.36. The molecule has 0 saturated heterocycles. The zero-order valence-electron chi connectivity index (χ0n) is 6.71. The lowest BCUT2D eigenvalue weighted by molar-refractivity contribution is 0.352. The molecule has 11 heavy (non-hydrogen) atoms. The molecular weight excluding hydrogens is 138 g/mol. The third-order valence-electron chi connectivity index (χ3n) is 1.59. The average Bonchev–Trinajstić information content (AvgIpc) is 2.01. The molecule has 0 spiro atoms. The van der Waals surface area contributed by atoms with E-state index in [0.717, 1.165) is 24.8 Å². The molecule has 0 N–H and O–H groups in total. The predicted molar refractivity (Wildman–Crippen MR) is 43.0 cm³/mol. The van der Waals surface area contributed by atoms with Crippen LogP contribution in [-0.4, -0.2) is 4.98 Å². The fourth-order valence-corrected chi connectivity index (χ4v) is 0.981. The first-order chi connectivity index (χ1) is 5.33. The second kappa shape index (κ2) is 3.96. The summed E-state index contributed by atoms with van der Waals surface area (Å²) in [5, 5.41) is 10.8. The van der Waals surface area contributed by atoms with Crippen LogP contribution in [0.3, 0.4) is 0 Å². The molecular formula is C9H12NO. The lowest BCUT2D eigenvalue weighted by atomic mass is 10.1. The Hall–Kier alpha value is -1.05. The highest BCUT2D eigenvalue weighted by Crippen LogP contribution is 2.11. The van der Waals surface area contributed by atoms with Crippen LogP contribution in [0.4, 0.5) is 0 Å². The zero-order valence-corrected chi connectivity index (χ0v) is 6.71. The van der Waals surface area contributed by atoms with E-state index in [-0.39, 0.29) is 5.75 Å². The first-order valence-corrected chi connectivity index (χ1v) is 3.94. The van der Waals surface area contributed by atoms with Gasteiger partial charge in [-0.2, -0.15) is 0 Å². The fourth-order valence-electron chi connectivity index (χ4n) is 0.981. The third kappa shape index (κ3) is 2.58. The van der Waals surface area contributed by atoms with Crippen molar-refractivity contribution < 1.29 is 5.11 Å². The van der Waals surface area contributed by atoms with Crippen LogP contribution in [0.5, 0.6) is 5.75 Å². The lowest BCUT2D eigenvalue weighted by Crippen LogP contribution is -1.84. The molecule has 0 bridgehead atoms. The number of hydrogen-bond acceptors (Lipinski definition) is 1. The third-order valence-corrected chi connectivity index (χ3v) is 1.59. The summed E-state index contributed by atoms with van der Waals surface area (Å²) in [4.78, 5) is 3.82. The maximum atomic E-state index is 10.8. The summed E-state index contributed by atoms with van der Waals surface area (Å²) in [5.41, 5.74) is 1.05. The highest BCUT2D eigenvalue weighted by Gasteiger charge is 1.94. The standard InChI is InChI=1S/C9H12NO/c1-2-3-4-8-5-9(11)7-10-6-8/h5-7H,2-4H2,1H3. The van der Waals surface area contributed by atoms with Crippen molar-refractivity contribution in [1.29, 1.82) is 0 Å². The second-order valence-electron chi connectivity index (χ2n) is 2.63. The molecule has 0 aliphatic rings. The van der Waals surface area contributed by atoms with E-state index in [1.165, 1.54) is 6.20 Å². The van der Waals surface area contributed by atoms with E-state index in [1.807, 2.05) is 0 Å². The molecule has 0 atom stereocenters. The van der Waals surface area contributed by atoms with Crippen molar-refractivity contribution in [3.8, 4) is 5.75 Å². The van der Waals surface area contributed by atoms with Gasteiger partial charge >= 0.3 is 0 Å². The Morgan fingerprint density at radius 2 is 2.27 bits per heavy atom. The normalized spacial score (nSPS) is 9.91. The van der Waals surface area contributed by atoms with E-state index >= 15 is 0 Å². The van der Waals surface area contributed by atoms with Crippen LogP contribution >= 0.6 is 0 Å². The minimum absolute atomic E-state index is 0.0126. The Bertz CT molecular complexity index is 223. The summed E-state index contributed by atoms with van der Waals surface area (Å²) in [6, 6.07) is 1.66. The predicted octanol–water partition coefficient (Wildman–Crippen LogP) is 2.57. The number of pyridine rings is 1. The van der Waals surface area contributed by atoms with Crippen molar-refractivity contribution in [3.05, 3.63) is 24.0 Å². The molecule has 0 saturated carbocycles. The number of aromatic nitrogens is 1. The molecule has 1 rings (SSSR count). The molecule has 0 unspecified atom stereocenters. The topological polar surface area (TPSA) is 32.8 Å². The van der Waals surface area contributed by atoms with E-state index in [2.05, 4.69) is 11.9 Å². The van der Waals surface area contributed by atoms with Crippen molar-refractivity contribution >= 4 is 0 Å². The van der Waals surface area contributed by atoms with Gasteiger partial charge < -0.3 is 0 Å². The van der Waals surface area contributed by atoms with E-state index in [0.29, 0.717) is 0 Å². The van der Waals surface area contributed by atoms with Crippen molar-refractivity contribution in [2.75, 3.05) is 0 Å². The molecule has 59 valence electrons. The molecule has 1 radical (unpaired) electrons. The van der Waals surface area contributed by atoms with Gasteiger partial charge in [-0.1, -0.05) is 13.3 Å². The van der Waals surface area contributed by atoms with Gasteiger partial charge in [0.2, 0.25) is 0 Å². The van der Waals surface area contributed by atoms with Gasteiger partial charge in [0.15, 0.2) is 5.75 Å². The van der Waals surface area contributed by atoms with Crippen LogP contribution in [0, 0.1) is 0 Å². The van der Waals surface area contributed by atoms with Crippen molar-refractivity contribution in [2.24, 2.45) is 0 Å². The van der Waals surface area contributed by atoms with Crippen molar-refractivity contribution in [1.82, 2.24) is 4.98 Å². The van der Waals surface area contributed by atoms with Crippen LogP contribution in [0.1, 0.15) is 25.3 Å². The van der Waals surface area contributed by atoms with Gasteiger partial charge in [-0.05, 0) is 24.5 Å². The molecule has 1 aromatic rings. The van der Waals surface area contributed by atoms with Crippen LogP contribution < -0.4 is 0 Å². The second-order valence-corrected chi connectivity index (χ2v) is 2.63. The van der Waals surface area contributed by atoms with Crippen LogP contribution in [-0.2, 0) is 11.5 Å². The zero-order chi connectivity index (χ0) is 8.10. The Kier molecular flexibility index (Phi) is 2.90. The quantitative estimate of drug-likeness (QED) is 0.651. The molecule has 0 aliphatic carbocycles. The van der Waals surface area contributed by atoms with Gasteiger partial charge in [0.25, 0.3) is 0 Å². The first-order valence-electron chi connectivity index (χ1n) is 3.94. The molecule has 0 amide bonds. The average molecular weight is 150 g/mol. The fraction of sp³-hybridized carbons (Fsp3) is 0.444. The Labute approximate surface area is 66.9 Å². The van der Waals surface area contributed by atoms with Crippen molar-refractivity contribution in [3.63, 3.8) is 0 Å². The highest BCUT2D eigenvalue weighted by molar-refractivity contribution is 5.21. The summed E-state index contributed by atoms with van der Waals surface area (Å²) in [6.45, 7) is 2.13. The Morgan fingerprint density at radius 1 is 1.45 bits per heavy atom. The highest BCUT2D eigenvalue weighted by atomic mass is 16.3. The van der Waals surface area contributed by atoms with Gasteiger partial charge in [-0.15, -0.1) is 0 Å². The molecule has 0 aromatic carbocycles. The number of nitrogens with zero attached hydrogens (tertiary/aromatic N) is 1. The van der Waals surface area contributed by atoms with Gasteiger partial charge in [0, 0.05) is 6.20 Å². The summed E-state index contributed by atoms with van der Waals surface area (Å²) in [5.74, 6) is 0.0126. The maximum Gasteiger partial charge on any atom is 0.197 e. The van der Waals surface area contributed by atoms with E-state index in [1.54, 1.807) is 12.3 Å². The van der Waals surface area contributed by atoms with Crippen LogP contribution in [0.25, 0.3) is 0 Å². The van der Waals surface area contributed by atoms with Crippen LogP contribution in [0.2, 0.25) is 0 Å². The largest absolute Gasteiger partial charge is 0.288 e. The number of rotatable bonds is 3. The Balaban J connectivity index is 2.56. The molecule has 1 heterocycles. The van der Waals surface area contributed by atoms with Gasteiger partial charge in [-0.25, -0.2) is 0 Å². The first kappa shape index (κ1) is 8.05. The number of aryl methyl sites for hydroxylation is 1. The summed E-state index contributed by atoms with van der Waals surface area (Å²) >= 11 is 0. The molecule has 2 heteroatoms. The van der Waals surface area contributed by atoms with Gasteiger partial charge in [-0.3, -0.25) is 10.1 Å². The summed E-state index contributed by atoms with van der Waals surface area (Å²) < 4.78 is 0. The van der Waals surface area contributed by atoms with E-state index in [4.69, 9.17) is 0 Å². The smallest absolute Gasteiger partial charge is 0.197 e. The monoisotopic (exact) mass is 150 g/mol. The lowest BCUT2D eigenvalue weighted by Gasteiger charge is -1.96. The molecule has 2 nitrogen and oxygen atoms in total. The Morgan fingerprint density at radius 3 is 2.91 bits per heavy atom. The summed E-state index contributed by atoms with van der Waals surface area (Å²) in [7, 11) is 0. The van der Waals surface area contributed by atoms with Crippen molar-refractivity contribution in [2.45, 2.75) is 26.2 Å². The number of unbranched alkanes of at least 4 members (excludes halogenated alkanes) is 1. The minimum atomic E-state index is 0.0126. The molecule has 0 fully saturated rings.